The van der Waals surface area contributed by atoms with Gasteiger partial charge in [0.1, 0.15) is 5.54 Å². The first kappa shape index (κ1) is 20.8. The van der Waals surface area contributed by atoms with E-state index < -0.39 is 11.6 Å². The van der Waals surface area contributed by atoms with E-state index in [1.165, 1.54) is 0 Å². The van der Waals surface area contributed by atoms with Gasteiger partial charge in [-0.1, -0.05) is 22.9 Å². The van der Waals surface area contributed by atoms with Crippen LogP contribution in [0.4, 0.5) is 4.79 Å². The minimum Gasteiger partial charge on any atom is -0.323 e. The van der Waals surface area contributed by atoms with Gasteiger partial charge in [-0.2, -0.15) is 0 Å². The first-order valence-electron chi connectivity index (χ1n) is 10.3. The van der Waals surface area contributed by atoms with Gasteiger partial charge in [-0.25, -0.2) is 4.79 Å². The zero-order valence-corrected chi connectivity index (χ0v) is 19.1. The fraction of sp³-hybridized carbons (Fsp3) is 0.435. The van der Waals surface area contributed by atoms with Crippen LogP contribution in [0.3, 0.4) is 0 Å². The third-order valence-electron chi connectivity index (χ3n) is 6.49. The highest BCUT2D eigenvalue weighted by molar-refractivity contribution is 9.10. The topological polar surface area (TPSA) is 71.4 Å². The van der Waals surface area contributed by atoms with Crippen LogP contribution in [0.25, 0.3) is 5.69 Å². The lowest BCUT2D eigenvalue weighted by Crippen LogP contribution is -2.49. The molecule has 1 aliphatic carbocycles. The number of hydrogen-bond acceptors (Lipinski definition) is 3. The summed E-state index contributed by atoms with van der Waals surface area (Å²) in [4.78, 5) is 39.8. The zero-order valence-electron chi connectivity index (χ0n) is 17.5. The normalized spacial score (nSPS) is 23.9. The van der Waals surface area contributed by atoms with E-state index in [1.807, 2.05) is 48.7 Å². The number of hydrogen-bond donors (Lipinski definition) is 1. The molecule has 1 aromatic carbocycles. The van der Waals surface area contributed by atoms with Gasteiger partial charge in [-0.3, -0.25) is 14.5 Å². The molecule has 4 rings (SSSR count). The van der Waals surface area contributed by atoms with Crippen LogP contribution in [0.2, 0.25) is 0 Å². The Morgan fingerprint density at radius 1 is 1.17 bits per heavy atom. The summed E-state index contributed by atoms with van der Waals surface area (Å²) < 4.78 is 2.99. The maximum Gasteiger partial charge on any atom is 0.325 e. The molecule has 1 spiro atoms. The largest absolute Gasteiger partial charge is 0.325 e. The maximum absolute atomic E-state index is 13.1. The average molecular weight is 472 g/mol. The van der Waals surface area contributed by atoms with E-state index >= 15 is 0 Å². The van der Waals surface area contributed by atoms with Crippen LogP contribution >= 0.6 is 15.9 Å². The standard InChI is InChI=1S/C23H26BrN3O3/c1-14-8-10-23(11-9-14)21(29)26(22(30)25-23)13-20(28)19-12-15(2)27(16(19)3)18-6-4-17(24)5-7-18/h4-7,12,14H,8-11,13H2,1-3H3,(H,25,30). The van der Waals surface area contributed by atoms with Crippen molar-refractivity contribution in [2.45, 2.75) is 52.0 Å². The van der Waals surface area contributed by atoms with Crippen LogP contribution in [0, 0.1) is 19.8 Å². The van der Waals surface area contributed by atoms with Gasteiger partial charge >= 0.3 is 6.03 Å². The maximum atomic E-state index is 13.1. The van der Waals surface area contributed by atoms with Gasteiger partial charge in [0.2, 0.25) is 0 Å². The van der Waals surface area contributed by atoms with Gasteiger partial charge in [-0.15, -0.1) is 0 Å². The predicted octanol–water partition coefficient (Wildman–Crippen LogP) is 4.54. The quantitative estimate of drug-likeness (QED) is 0.525. The van der Waals surface area contributed by atoms with Crippen molar-refractivity contribution in [2.75, 3.05) is 6.54 Å². The molecule has 6 nitrogen and oxygen atoms in total. The molecule has 0 unspecified atom stereocenters. The molecule has 1 aliphatic heterocycles. The monoisotopic (exact) mass is 471 g/mol. The summed E-state index contributed by atoms with van der Waals surface area (Å²) in [6.07, 6.45) is 3.09. The average Bonchev–Trinajstić information content (AvgIpc) is 3.13. The van der Waals surface area contributed by atoms with Crippen molar-refractivity contribution >= 4 is 33.7 Å². The second-order valence-corrected chi connectivity index (χ2v) is 9.52. The summed E-state index contributed by atoms with van der Waals surface area (Å²) in [5, 5.41) is 2.88. The van der Waals surface area contributed by atoms with Gasteiger partial charge < -0.3 is 9.88 Å². The number of ketones is 1. The SMILES string of the molecule is Cc1cc(C(=O)CN2C(=O)NC3(CCC(C)CC3)C2=O)c(C)n1-c1ccc(Br)cc1. The van der Waals surface area contributed by atoms with Gasteiger partial charge in [-0.05, 0) is 75.8 Å². The molecule has 2 aliphatic rings. The number of amides is 3. The number of imide groups is 1. The van der Waals surface area contributed by atoms with E-state index in [-0.39, 0.29) is 18.2 Å². The lowest BCUT2D eigenvalue weighted by Gasteiger charge is -2.33. The van der Waals surface area contributed by atoms with Crippen molar-refractivity contribution in [1.82, 2.24) is 14.8 Å². The van der Waals surface area contributed by atoms with Gasteiger partial charge in [0.05, 0.1) is 6.54 Å². The molecule has 2 aromatic rings. The smallest absolute Gasteiger partial charge is 0.323 e. The molecule has 2 fully saturated rings. The Morgan fingerprint density at radius 3 is 2.43 bits per heavy atom. The van der Waals surface area contributed by atoms with Crippen LogP contribution in [-0.4, -0.2) is 39.3 Å². The summed E-state index contributed by atoms with van der Waals surface area (Å²) >= 11 is 3.44. The van der Waals surface area contributed by atoms with E-state index in [0.717, 1.165) is 39.3 Å². The van der Waals surface area contributed by atoms with E-state index in [9.17, 15) is 14.4 Å². The number of nitrogens with zero attached hydrogens (tertiary/aromatic N) is 2. The highest BCUT2D eigenvalue weighted by atomic mass is 79.9. The van der Waals surface area contributed by atoms with Gasteiger partial charge in [0.25, 0.3) is 5.91 Å². The Bertz CT molecular complexity index is 1020. The summed E-state index contributed by atoms with van der Waals surface area (Å²) in [7, 11) is 0. The molecule has 0 bridgehead atoms. The highest BCUT2D eigenvalue weighted by Crippen LogP contribution is 2.36. The zero-order chi connectivity index (χ0) is 21.6. The molecule has 1 aromatic heterocycles. The van der Waals surface area contributed by atoms with Crippen molar-refractivity contribution in [3.05, 3.63) is 51.8 Å². The number of Topliss-reactive ketones (excluding diaryl/α,β-unsaturated/α-hetero) is 1. The number of rotatable bonds is 4. The molecule has 1 N–H and O–H groups in total. The third-order valence-corrected chi connectivity index (χ3v) is 7.02. The highest BCUT2D eigenvalue weighted by Gasteiger charge is 2.52. The summed E-state index contributed by atoms with van der Waals surface area (Å²) in [5.41, 5.74) is 2.39. The minimum absolute atomic E-state index is 0.226. The van der Waals surface area contributed by atoms with Gasteiger partial charge in [0.15, 0.2) is 5.78 Å². The number of aromatic nitrogens is 1. The molecule has 3 amide bonds. The predicted molar refractivity (Wildman–Crippen MR) is 118 cm³/mol. The Morgan fingerprint density at radius 2 is 1.80 bits per heavy atom. The van der Waals surface area contributed by atoms with Crippen molar-refractivity contribution in [3.8, 4) is 5.69 Å². The summed E-state index contributed by atoms with van der Waals surface area (Å²) in [6, 6.07) is 9.23. The second kappa shape index (κ2) is 7.69. The Balaban J connectivity index is 1.56. The number of nitrogens with one attached hydrogen (secondary N) is 1. The summed E-state index contributed by atoms with van der Waals surface area (Å²) in [6.45, 7) is 5.76. The Kier molecular flexibility index (Phi) is 5.34. The number of aryl methyl sites for hydroxylation is 1. The molecule has 30 heavy (non-hydrogen) atoms. The number of carbonyl (C=O) groups excluding carboxylic acids is 3. The number of halogens is 1. The van der Waals surface area contributed by atoms with Crippen molar-refractivity contribution in [2.24, 2.45) is 5.92 Å². The van der Waals surface area contributed by atoms with Gasteiger partial charge in [0, 0.05) is 27.1 Å². The molecule has 158 valence electrons. The molecular weight excluding hydrogens is 446 g/mol. The van der Waals surface area contributed by atoms with Crippen LogP contribution in [-0.2, 0) is 4.79 Å². The van der Waals surface area contributed by atoms with Crippen LogP contribution in [0.15, 0.2) is 34.8 Å². The van der Waals surface area contributed by atoms with E-state index in [4.69, 9.17) is 0 Å². The molecule has 0 radical (unpaired) electrons. The molecule has 2 heterocycles. The van der Waals surface area contributed by atoms with Crippen LogP contribution < -0.4 is 5.32 Å². The molecular formula is C23H26BrN3O3. The molecule has 0 atom stereocenters. The molecule has 1 saturated carbocycles. The lowest BCUT2D eigenvalue weighted by atomic mass is 9.77. The summed E-state index contributed by atoms with van der Waals surface area (Å²) in [5.74, 6) is 0.0747. The second-order valence-electron chi connectivity index (χ2n) is 8.61. The fourth-order valence-electron chi connectivity index (χ4n) is 4.67. The number of benzene rings is 1. The van der Waals surface area contributed by atoms with E-state index in [2.05, 4.69) is 28.2 Å². The fourth-order valence-corrected chi connectivity index (χ4v) is 4.94. The van der Waals surface area contributed by atoms with Crippen molar-refractivity contribution in [3.63, 3.8) is 0 Å². The number of urea groups is 1. The van der Waals surface area contributed by atoms with E-state index in [0.29, 0.717) is 24.3 Å². The minimum atomic E-state index is -0.821. The third kappa shape index (κ3) is 3.49. The van der Waals surface area contributed by atoms with Crippen LogP contribution in [0.5, 0.6) is 0 Å². The Hall–Kier alpha value is -2.41. The number of carbonyl (C=O) groups is 3. The van der Waals surface area contributed by atoms with Crippen molar-refractivity contribution in [1.29, 1.82) is 0 Å². The van der Waals surface area contributed by atoms with E-state index in [1.54, 1.807) is 0 Å². The van der Waals surface area contributed by atoms with Crippen LogP contribution in [0.1, 0.15) is 54.4 Å². The first-order valence-corrected chi connectivity index (χ1v) is 11.1. The Labute approximate surface area is 184 Å². The molecule has 7 heteroatoms. The first-order chi connectivity index (χ1) is 14.2. The lowest BCUT2D eigenvalue weighted by molar-refractivity contribution is -0.132. The molecule has 1 saturated heterocycles. The van der Waals surface area contributed by atoms with Crippen molar-refractivity contribution < 1.29 is 14.4 Å².